The first-order valence-electron chi connectivity index (χ1n) is 7.13. The minimum absolute atomic E-state index is 0.00697. The van der Waals surface area contributed by atoms with E-state index in [9.17, 15) is 5.11 Å². The summed E-state index contributed by atoms with van der Waals surface area (Å²) in [6.45, 7) is 9.04. The SMILES string of the molecule is CCCOc1cncc(C(O)c2csc(C(C)(C)C)n2)c1. The van der Waals surface area contributed by atoms with Crippen molar-refractivity contribution in [3.63, 3.8) is 0 Å². The zero-order valence-electron chi connectivity index (χ0n) is 13.0. The van der Waals surface area contributed by atoms with Gasteiger partial charge in [-0.1, -0.05) is 27.7 Å². The number of aromatic nitrogens is 2. The quantitative estimate of drug-likeness (QED) is 0.915. The van der Waals surface area contributed by atoms with Crippen LogP contribution in [0.5, 0.6) is 5.75 Å². The highest BCUT2D eigenvalue weighted by molar-refractivity contribution is 7.09. The minimum atomic E-state index is -0.768. The van der Waals surface area contributed by atoms with E-state index in [-0.39, 0.29) is 5.41 Å². The fourth-order valence-corrected chi connectivity index (χ4v) is 2.74. The Hall–Kier alpha value is -1.46. The van der Waals surface area contributed by atoms with Crippen LogP contribution >= 0.6 is 11.3 Å². The maximum atomic E-state index is 10.5. The molecule has 2 aromatic rings. The van der Waals surface area contributed by atoms with Gasteiger partial charge in [-0.2, -0.15) is 0 Å². The fraction of sp³-hybridized carbons (Fsp3) is 0.500. The summed E-state index contributed by atoms with van der Waals surface area (Å²) >= 11 is 1.57. The number of ether oxygens (including phenoxy) is 1. The van der Waals surface area contributed by atoms with Crippen molar-refractivity contribution in [2.75, 3.05) is 6.61 Å². The van der Waals surface area contributed by atoms with Gasteiger partial charge in [0, 0.05) is 22.6 Å². The Morgan fingerprint density at radius 1 is 1.33 bits per heavy atom. The second-order valence-electron chi connectivity index (χ2n) is 6.03. The molecule has 0 bridgehead atoms. The van der Waals surface area contributed by atoms with Gasteiger partial charge in [0.2, 0.25) is 0 Å². The summed E-state index contributed by atoms with van der Waals surface area (Å²) in [5, 5.41) is 13.4. The molecule has 0 saturated carbocycles. The molecule has 0 saturated heterocycles. The predicted octanol–water partition coefficient (Wildman–Crippen LogP) is 3.71. The van der Waals surface area contributed by atoms with Crippen LogP contribution in [-0.2, 0) is 5.41 Å². The highest BCUT2D eigenvalue weighted by Gasteiger charge is 2.21. The number of nitrogens with zero attached hydrogens (tertiary/aromatic N) is 2. The van der Waals surface area contributed by atoms with Gasteiger partial charge in [-0.15, -0.1) is 11.3 Å². The second-order valence-corrected chi connectivity index (χ2v) is 6.89. The van der Waals surface area contributed by atoms with E-state index < -0.39 is 6.10 Å². The van der Waals surface area contributed by atoms with Gasteiger partial charge in [0.25, 0.3) is 0 Å². The third-order valence-corrected chi connectivity index (χ3v) is 4.25. The van der Waals surface area contributed by atoms with Crippen molar-refractivity contribution in [3.8, 4) is 5.75 Å². The largest absolute Gasteiger partial charge is 0.492 e. The van der Waals surface area contributed by atoms with Crippen molar-refractivity contribution in [2.24, 2.45) is 0 Å². The molecule has 0 radical (unpaired) electrons. The van der Waals surface area contributed by atoms with Crippen LogP contribution < -0.4 is 4.74 Å². The van der Waals surface area contributed by atoms with E-state index in [0.717, 1.165) is 11.4 Å². The van der Waals surface area contributed by atoms with Gasteiger partial charge < -0.3 is 9.84 Å². The van der Waals surface area contributed by atoms with Crippen LogP contribution in [-0.4, -0.2) is 21.7 Å². The van der Waals surface area contributed by atoms with Gasteiger partial charge in [0.05, 0.1) is 23.5 Å². The standard InChI is InChI=1S/C16H22N2O2S/c1-5-6-20-12-7-11(8-17-9-12)14(19)13-10-21-15(18-13)16(2,3)4/h7-10,14,19H,5-6H2,1-4H3. The van der Waals surface area contributed by atoms with Crippen molar-refractivity contribution >= 4 is 11.3 Å². The van der Waals surface area contributed by atoms with Gasteiger partial charge in [0.15, 0.2) is 0 Å². The molecule has 0 amide bonds. The Labute approximate surface area is 129 Å². The summed E-state index contributed by atoms with van der Waals surface area (Å²) < 4.78 is 5.55. The van der Waals surface area contributed by atoms with Crippen LogP contribution in [0.3, 0.4) is 0 Å². The third-order valence-electron chi connectivity index (χ3n) is 2.97. The van der Waals surface area contributed by atoms with Crippen molar-refractivity contribution in [1.29, 1.82) is 0 Å². The molecule has 0 aliphatic heterocycles. The van der Waals surface area contributed by atoms with Gasteiger partial charge in [-0.05, 0) is 12.5 Å². The van der Waals surface area contributed by atoms with Crippen molar-refractivity contribution in [2.45, 2.75) is 45.6 Å². The summed E-state index contributed by atoms with van der Waals surface area (Å²) in [5.41, 5.74) is 1.36. The number of hydrogen-bond acceptors (Lipinski definition) is 5. The average molecular weight is 306 g/mol. The number of thiazole rings is 1. The molecule has 0 fully saturated rings. The van der Waals surface area contributed by atoms with Crippen LogP contribution in [0.4, 0.5) is 0 Å². The summed E-state index contributed by atoms with van der Waals surface area (Å²) in [4.78, 5) is 8.68. The topological polar surface area (TPSA) is 55.2 Å². The highest BCUT2D eigenvalue weighted by Crippen LogP contribution is 2.30. The Bertz CT molecular complexity index is 590. The molecule has 0 aliphatic rings. The Kier molecular flexibility index (Phi) is 4.96. The molecular weight excluding hydrogens is 284 g/mol. The van der Waals surface area contributed by atoms with Gasteiger partial charge in [-0.25, -0.2) is 4.98 Å². The third kappa shape index (κ3) is 4.02. The first-order valence-corrected chi connectivity index (χ1v) is 8.01. The maximum Gasteiger partial charge on any atom is 0.137 e. The van der Waals surface area contributed by atoms with Crippen LogP contribution in [0.15, 0.2) is 23.8 Å². The van der Waals surface area contributed by atoms with Gasteiger partial charge in [0.1, 0.15) is 11.9 Å². The van der Waals surface area contributed by atoms with E-state index in [0.29, 0.717) is 23.6 Å². The van der Waals surface area contributed by atoms with E-state index in [4.69, 9.17) is 4.74 Å². The summed E-state index contributed by atoms with van der Waals surface area (Å²) in [7, 11) is 0. The molecule has 1 unspecified atom stereocenters. The Balaban J connectivity index is 2.19. The minimum Gasteiger partial charge on any atom is -0.492 e. The van der Waals surface area contributed by atoms with E-state index in [1.165, 1.54) is 0 Å². The zero-order chi connectivity index (χ0) is 15.5. The Morgan fingerprint density at radius 2 is 2.10 bits per heavy atom. The summed E-state index contributed by atoms with van der Waals surface area (Å²) in [6, 6.07) is 1.82. The Morgan fingerprint density at radius 3 is 2.71 bits per heavy atom. The number of aliphatic hydroxyl groups excluding tert-OH is 1. The van der Waals surface area contributed by atoms with E-state index in [1.54, 1.807) is 23.7 Å². The molecule has 0 aromatic carbocycles. The maximum absolute atomic E-state index is 10.5. The number of aliphatic hydroxyl groups is 1. The summed E-state index contributed by atoms with van der Waals surface area (Å²) in [6.07, 6.45) is 3.48. The summed E-state index contributed by atoms with van der Waals surface area (Å²) in [5.74, 6) is 0.680. The smallest absolute Gasteiger partial charge is 0.137 e. The first kappa shape index (κ1) is 15.9. The van der Waals surface area contributed by atoms with E-state index in [2.05, 4.69) is 37.7 Å². The molecule has 21 heavy (non-hydrogen) atoms. The molecular formula is C16H22N2O2S. The molecule has 1 atom stereocenters. The lowest BCUT2D eigenvalue weighted by Gasteiger charge is -2.14. The van der Waals surface area contributed by atoms with E-state index in [1.807, 2.05) is 11.4 Å². The van der Waals surface area contributed by atoms with Crippen molar-refractivity contribution in [3.05, 3.63) is 40.1 Å². The van der Waals surface area contributed by atoms with Crippen LogP contribution in [0.25, 0.3) is 0 Å². The van der Waals surface area contributed by atoms with Gasteiger partial charge in [-0.3, -0.25) is 4.98 Å². The molecule has 2 rings (SSSR count). The monoisotopic (exact) mass is 306 g/mol. The molecule has 1 N–H and O–H groups in total. The molecule has 4 nitrogen and oxygen atoms in total. The predicted molar refractivity (Wildman–Crippen MR) is 84.9 cm³/mol. The van der Waals surface area contributed by atoms with Crippen molar-refractivity contribution in [1.82, 2.24) is 9.97 Å². The lowest BCUT2D eigenvalue weighted by Crippen LogP contribution is -2.11. The second kappa shape index (κ2) is 6.54. The lowest BCUT2D eigenvalue weighted by atomic mass is 9.98. The highest BCUT2D eigenvalue weighted by atomic mass is 32.1. The number of hydrogen-bond donors (Lipinski definition) is 1. The van der Waals surface area contributed by atoms with Crippen LogP contribution in [0.2, 0.25) is 0 Å². The van der Waals surface area contributed by atoms with E-state index >= 15 is 0 Å². The molecule has 5 heteroatoms. The molecule has 0 aliphatic carbocycles. The average Bonchev–Trinajstić information content (AvgIpc) is 2.94. The molecule has 2 heterocycles. The normalized spacial score (nSPS) is 13.2. The zero-order valence-corrected chi connectivity index (χ0v) is 13.8. The fourth-order valence-electron chi connectivity index (χ4n) is 1.81. The lowest BCUT2D eigenvalue weighted by molar-refractivity contribution is 0.214. The van der Waals surface area contributed by atoms with Crippen LogP contribution in [0.1, 0.15) is 56.5 Å². The number of pyridine rings is 1. The molecule has 0 spiro atoms. The van der Waals surface area contributed by atoms with Crippen LogP contribution in [0, 0.1) is 0 Å². The number of rotatable bonds is 5. The molecule has 114 valence electrons. The molecule has 2 aromatic heterocycles. The first-order chi connectivity index (χ1) is 9.91. The van der Waals surface area contributed by atoms with Gasteiger partial charge >= 0.3 is 0 Å². The van der Waals surface area contributed by atoms with Crippen molar-refractivity contribution < 1.29 is 9.84 Å².